The lowest BCUT2D eigenvalue weighted by Gasteiger charge is -2.17. The predicted molar refractivity (Wildman–Crippen MR) is 130 cm³/mol. The molecule has 2 aromatic carbocycles. The highest BCUT2D eigenvalue weighted by Crippen LogP contribution is 2.33. The maximum Gasteiger partial charge on any atom is 0.135 e. The summed E-state index contributed by atoms with van der Waals surface area (Å²) in [5, 5.41) is 2.15. The Bertz CT molecular complexity index is 855. The lowest BCUT2D eigenvalue weighted by molar-refractivity contribution is 0.249. The summed E-state index contributed by atoms with van der Waals surface area (Å²) in [5.41, 5.74) is 1.76. The Kier molecular flexibility index (Phi) is 9.04. The number of ether oxygens (including phenoxy) is 2. The lowest BCUT2D eigenvalue weighted by Crippen LogP contribution is -2.25. The molecule has 3 aromatic rings. The third kappa shape index (κ3) is 6.37. The first-order chi connectivity index (χ1) is 15.2. The van der Waals surface area contributed by atoms with Crippen molar-refractivity contribution in [1.29, 1.82) is 0 Å². The Balaban J connectivity index is 1.62. The normalized spacial score (nSPS) is 11.8. The van der Waals surface area contributed by atoms with Crippen molar-refractivity contribution in [2.75, 3.05) is 52.5 Å². The highest BCUT2D eigenvalue weighted by Gasteiger charge is 2.10. The van der Waals surface area contributed by atoms with Gasteiger partial charge in [-0.05, 0) is 75.4 Å². The largest absolute Gasteiger partial charge is 0.494 e. The lowest BCUT2D eigenvalue weighted by atomic mass is 10.1. The van der Waals surface area contributed by atoms with Crippen LogP contribution in [0, 0.1) is 0 Å². The fraction of sp³-hybridized carbons (Fsp3) is 0.538. The highest BCUT2D eigenvalue weighted by molar-refractivity contribution is 6.05. The Morgan fingerprint density at radius 2 is 1.06 bits per heavy atom. The van der Waals surface area contributed by atoms with Crippen LogP contribution in [0.2, 0.25) is 0 Å². The zero-order valence-electron chi connectivity index (χ0n) is 19.7. The second-order valence-corrected chi connectivity index (χ2v) is 7.88. The van der Waals surface area contributed by atoms with E-state index in [0.29, 0.717) is 0 Å². The van der Waals surface area contributed by atoms with E-state index < -0.39 is 0 Å². The Labute approximate surface area is 186 Å². The Hall–Kier alpha value is -2.24. The minimum atomic E-state index is 0.721. The maximum atomic E-state index is 6.02. The molecule has 0 aliphatic rings. The van der Waals surface area contributed by atoms with Gasteiger partial charge >= 0.3 is 0 Å². The summed E-state index contributed by atoms with van der Waals surface area (Å²) in [4.78, 5) is 4.83. The van der Waals surface area contributed by atoms with Crippen molar-refractivity contribution in [2.24, 2.45) is 0 Å². The summed E-state index contributed by atoms with van der Waals surface area (Å²) in [6.45, 7) is 16.7. The summed E-state index contributed by atoms with van der Waals surface area (Å²) in [7, 11) is 0. The number of nitrogens with zero attached hydrogens (tertiary/aromatic N) is 2. The van der Waals surface area contributed by atoms with E-state index in [1.54, 1.807) is 0 Å². The number of hydrogen-bond acceptors (Lipinski definition) is 5. The molecule has 1 aromatic heterocycles. The smallest absolute Gasteiger partial charge is 0.135 e. The van der Waals surface area contributed by atoms with Crippen LogP contribution in [-0.4, -0.2) is 62.3 Å². The van der Waals surface area contributed by atoms with Crippen molar-refractivity contribution in [3.8, 4) is 11.5 Å². The van der Waals surface area contributed by atoms with E-state index in [1.165, 1.54) is 0 Å². The predicted octanol–water partition coefficient (Wildman–Crippen LogP) is 5.81. The van der Waals surface area contributed by atoms with Gasteiger partial charge < -0.3 is 23.7 Å². The van der Waals surface area contributed by atoms with Crippen LogP contribution < -0.4 is 9.47 Å². The SMILES string of the molecule is CCN(CC)CCCOc1ccc2oc3ccc(OCCCN(CC)CC)cc3c2c1. The highest BCUT2D eigenvalue weighted by atomic mass is 16.5. The van der Waals surface area contributed by atoms with Gasteiger partial charge in [0.1, 0.15) is 22.7 Å². The molecule has 170 valence electrons. The van der Waals surface area contributed by atoms with Crippen LogP contribution in [0.4, 0.5) is 0 Å². The van der Waals surface area contributed by atoms with Crippen molar-refractivity contribution < 1.29 is 13.9 Å². The van der Waals surface area contributed by atoms with Gasteiger partial charge in [-0.2, -0.15) is 0 Å². The van der Waals surface area contributed by atoms with Gasteiger partial charge in [-0.3, -0.25) is 0 Å². The van der Waals surface area contributed by atoms with E-state index in [1.807, 2.05) is 24.3 Å². The number of benzene rings is 2. The fourth-order valence-corrected chi connectivity index (χ4v) is 3.95. The average molecular weight is 427 g/mol. The first kappa shape index (κ1) is 23.4. The maximum absolute atomic E-state index is 6.02. The molecule has 1 heterocycles. The van der Waals surface area contributed by atoms with Crippen LogP contribution in [-0.2, 0) is 0 Å². The van der Waals surface area contributed by atoms with Crippen LogP contribution in [0.15, 0.2) is 40.8 Å². The fourth-order valence-electron chi connectivity index (χ4n) is 3.95. The molecule has 5 heteroatoms. The summed E-state index contributed by atoms with van der Waals surface area (Å²) in [6, 6.07) is 12.2. The molecule has 0 radical (unpaired) electrons. The molecular weight excluding hydrogens is 388 g/mol. The van der Waals surface area contributed by atoms with Gasteiger partial charge in [-0.1, -0.05) is 27.7 Å². The van der Waals surface area contributed by atoms with Crippen molar-refractivity contribution in [1.82, 2.24) is 9.80 Å². The van der Waals surface area contributed by atoms with Crippen LogP contribution in [0.5, 0.6) is 11.5 Å². The molecule has 0 saturated heterocycles. The molecule has 0 atom stereocenters. The molecule has 0 saturated carbocycles. The quantitative estimate of drug-likeness (QED) is 0.304. The first-order valence-corrected chi connectivity index (χ1v) is 11.8. The van der Waals surface area contributed by atoms with E-state index in [9.17, 15) is 0 Å². The number of furan rings is 1. The second-order valence-electron chi connectivity index (χ2n) is 7.88. The van der Waals surface area contributed by atoms with Crippen molar-refractivity contribution in [3.63, 3.8) is 0 Å². The van der Waals surface area contributed by atoms with Gasteiger partial charge in [0.2, 0.25) is 0 Å². The summed E-state index contributed by atoms with van der Waals surface area (Å²) in [6.07, 6.45) is 2.05. The van der Waals surface area contributed by atoms with Crippen LogP contribution in [0.3, 0.4) is 0 Å². The van der Waals surface area contributed by atoms with Gasteiger partial charge in [0.25, 0.3) is 0 Å². The van der Waals surface area contributed by atoms with E-state index in [-0.39, 0.29) is 0 Å². The van der Waals surface area contributed by atoms with Crippen LogP contribution >= 0.6 is 0 Å². The number of fused-ring (bicyclic) bond motifs is 3. The monoisotopic (exact) mass is 426 g/mol. The molecule has 0 bridgehead atoms. The van der Waals surface area contributed by atoms with Gasteiger partial charge in [0.05, 0.1) is 13.2 Å². The van der Waals surface area contributed by atoms with E-state index >= 15 is 0 Å². The molecule has 0 amide bonds. The molecule has 0 aliphatic carbocycles. The molecule has 3 rings (SSSR count). The number of hydrogen-bond donors (Lipinski definition) is 0. The first-order valence-electron chi connectivity index (χ1n) is 11.8. The van der Waals surface area contributed by atoms with Gasteiger partial charge in [0.15, 0.2) is 0 Å². The molecule has 0 spiro atoms. The standard InChI is InChI=1S/C26H38N2O3/c1-5-27(6-2)15-9-17-29-21-11-13-25-23(19-21)24-20-22(12-14-26(24)31-25)30-18-10-16-28(7-3)8-4/h11-14,19-20H,5-10,15-18H2,1-4H3. The van der Waals surface area contributed by atoms with Crippen LogP contribution in [0.1, 0.15) is 40.5 Å². The van der Waals surface area contributed by atoms with E-state index in [0.717, 1.165) is 98.8 Å². The number of rotatable bonds is 14. The van der Waals surface area contributed by atoms with E-state index in [2.05, 4.69) is 49.6 Å². The minimum Gasteiger partial charge on any atom is -0.494 e. The topological polar surface area (TPSA) is 38.1 Å². The Morgan fingerprint density at radius 3 is 1.45 bits per heavy atom. The molecule has 31 heavy (non-hydrogen) atoms. The van der Waals surface area contributed by atoms with Gasteiger partial charge in [0, 0.05) is 23.9 Å². The van der Waals surface area contributed by atoms with Crippen molar-refractivity contribution in [3.05, 3.63) is 36.4 Å². The van der Waals surface area contributed by atoms with Gasteiger partial charge in [-0.15, -0.1) is 0 Å². The van der Waals surface area contributed by atoms with E-state index in [4.69, 9.17) is 13.9 Å². The molecule has 0 fully saturated rings. The third-order valence-corrected chi connectivity index (χ3v) is 5.98. The molecule has 0 aliphatic heterocycles. The van der Waals surface area contributed by atoms with Gasteiger partial charge in [-0.25, -0.2) is 0 Å². The zero-order valence-corrected chi connectivity index (χ0v) is 19.7. The summed E-state index contributed by atoms with van der Waals surface area (Å²) < 4.78 is 18.1. The average Bonchev–Trinajstić information content (AvgIpc) is 3.16. The molecular formula is C26H38N2O3. The molecule has 5 nitrogen and oxygen atoms in total. The zero-order chi connectivity index (χ0) is 22.1. The second kappa shape index (κ2) is 12.0. The summed E-state index contributed by atoms with van der Waals surface area (Å²) in [5.74, 6) is 1.78. The van der Waals surface area contributed by atoms with Crippen molar-refractivity contribution in [2.45, 2.75) is 40.5 Å². The minimum absolute atomic E-state index is 0.721. The molecule has 0 N–H and O–H groups in total. The third-order valence-electron chi connectivity index (χ3n) is 5.98. The van der Waals surface area contributed by atoms with Crippen molar-refractivity contribution >= 4 is 21.9 Å². The Morgan fingerprint density at radius 1 is 0.645 bits per heavy atom. The van der Waals surface area contributed by atoms with Crippen LogP contribution in [0.25, 0.3) is 21.9 Å². The summed E-state index contributed by atoms with van der Waals surface area (Å²) >= 11 is 0. The molecule has 0 unspecified atom stereocenters.